The highest BCUT2D eigenvalue weighted by atomic mass is 19.4. The Hall–Kier alpha value is -3.36. The molecule has 3 aromatic rings. The van der Waals surface area contributed by atoms with Crippen LogP contribution in [0.4, 0.5) is 18.9 Å². The van der Waals surface area contributed by atoms with Crippen molar-refractivity contribution in [2.75, 3.05) is 18.4 Å². The van der Waals surface area contributed by atoms with Crippen molar-refractivity contribution < 1.29 is 27.4 Å². The number of piperidine rings is 1. The summed E-state index contributed by atoms with van der Waals surface area (Å²) in [6.45, 7) is 2.19. The van der Waals surface area contributed by atoms with Crippen LogP contribution in [0.1, 0.15) is 29.5 Å². The van der Waals surface area contributed by atoms with E-state index in [1.54, 1.807) is 6.07 Å². The van der Waals surface area contributed by atoms with Gasteiger partial charge in [-0.3, -0.25) is 4.79 Å². The molecule has 0 aliphatic carbocycles. The number of rotatable bonds is 4. The zero-order chi connectivity index (χ0) is 24.5. The van der Waals surface area contributed by atoms with E-state index in [0.717, 1.165) is 60.5 Å². The van der Waals surface area contributed by atoms with Gasteiger partial charge in [0.25, 0.3) is 0 Å². The number of halogens is 3. The number of hydrogen-bond donors (Lipinski definition) is 2. The number of nitrogens with one attached hydrogen (secondary N) is 2. The van der Waals surface area contributed by atoms with Crippen molar-refractivity contribution >= 4 is 11.6 Å². The van der Waals surface area contributed by atoms with Crippen molar-refractivity contribution in [1.82, 2.24) is 5.32 Å². The van der Waals surface area contributed by atoms with Crippen LogP contribution >= 0.6 is 0 Å². The number of ether oxygens (including phenoxy) is 2. The topological polar surface area (TPSA) is 59.6 Å². The molecule has 5 nitrogen and oxygen atoms in total. The largest absolute Gasteiger partial charge is 0.462 e. The second-order valence-corrected chi connectivity index (χ2v) is 8.88. The summed E-state index contributed by atoms with van der Waals surface area (Å²) >= 11 is 0. The smallest absolute Gasteiger partial charge is 0.416 e. The Morgan fingerprint density at radius 2 is 1.74 bits per heavy atom. The fourth-order valence-electron chi connectivity index (χ4n) is 4.49. The van der Waals surface area contributed by atoms with Gasteiger partial charge in [0.05, 0.1) is 18.6 Å². The van der Waals surface area contributed by atoms with Crippen LogP contribution in [0.3, 0.4) is 0 Å². The lowest BCUT2D eigenvalue weighted by Crippen LogP contribution is -2.49. The molecule has 0 aromatic heterocycles. The fraction of sp³-hybridized carbons (Fsp3) is 0.296. The third-order valence-corrected chi connectivity index (χ3v) is 6.31. The Bertz CT molecular complexity index is 1240. The maximum Gasteiger partial charge on any atom is 0.416 e. The molecule has 0 atom stereocenters. The van der Waals surface area contributed by atoms with E-state index in [4.69, 9.17) is 9.47 Å². The number of amides is 1. The van der Waals surface area contributed by atoms with Gasteiger partial charge < -0.3 is 20.1 Å². The monoisotopic (exact) mass is 482 g/mol. The van der Waals surface area contributed by atoms with Crippen LogP contribution in [0.25, 0.3) is 11.1 Å². The van der Waals surface area contributed by atoms with Gasteiger partial charge >= 0.3 is 6.18 Å². The van der Waals surface area contributed by atoms with Crippen LogP contribution in [0, 0.1) is 0 Å². The molecule has 5 rings (SSSR count). The Labute approximate surface area is 201 Å². The Balaban J connectivity index is 1.28. The minimum atomic E-state index is -4.44. The van der Waals surface area contributed by atoms with Gasteiger partial charge in [-0.1, -0.05) is 36.4 Å². The van der Waals surface area contributed by atoms with Gasteiger partial charge in [0.1, 0.15) is 5.75 Å². The first-order chi connectivity index (χ1) is 16.8. The van der Waals surface area contributed by atoms with E-state index < -0.39 is 17.5 Å². The van der Waals surface area contributed by atoms with Crippen LogP contribution in [0.5, 0.6) is 5.75 Å². The first-order valence-corrected chi connectivity index (χ1v) is 11.5. The average Bonchev–Trinajstić information content (AvgIpc) is 2.84. The van der Waals surface area contributed by atoms with E-state index in [0.29, 0.717) is 17.9 Å². The summed E-state index contributed by atoms with van der Waals surface area (Å²) in [6, 6.07) is 18.1. The predicted octanol–water partition coefficient (Wildman–Crippen LogP) is 5.54. The van der Waals surface area contributed by atoms with Crippen molar-refractivity contribution in [1.29, 1.82) is 0 Å². The molecule has 1 amide bonds. The van der Waals surface area contributed by atoms with Gasteiger partial charge in [-0.05, 0) is 47.0 Å². The van der Waals surface area contributed by atoms with Crippen molar-refractivity contribution in [2.24, 2.45) is 0 Å². The Morgan fingerprint density at radius 1 is 0.971 bits per heavy atom. The average molecular weight is 483 g/mol. The summed E-state index contributed by atoms with van der Waals surface area (Å²) in [5.74, 6) is -0.114. The van der Waals surface area contributed by atoms with Gasteiger partial charge in [-0.25, -0.2) is 0 Å². The van der Waals surface area contributed by atoms with Gasteiger partial charge in [-0.15, -0.1) is 0 Å². The second-order valence-electron chi connectivity index (χ2n) is 8.88. The predicted molar refractivity (Wildman–Crippen MR) is 126 cm³/mol. The summed E-state index contributed by atoms with van der Waals surface area (Å²) in [5.41, 5.74) is 2.91. The Kier molecular flexibility index (Phi) is 6.25. The number of alkyl halides is 3. The summed E-state index contributed by atoms with van der Waals surface area (Å²) in [5, 5.41) is 6.10. The molecule has 1 fully saturated rings. The third-order valence-electron chi connectivity index (χ3n) is 6.31. The van der Waals surface area contributed by atoms with E-state index in [1.807, 2.05) is 36.4 Å². The quantitative estimate of drug-likeness (QED) is 0.513. The molecular formula is C27H25F3N2O3. The van der Waals surface area contributed by atoms with Crippen molar-refractivity contribution in [3.8, 4) is 16.9 Å². The molecule has 2 aliphatic heterocycles. The van der Waals surface area contributed by atoms with Gasteiger partial charge in [0.15, 0.2) is 0 Å². The van der Waals surface area contributed by atoms with E-state index in [9.17, 15) is 18.0 Å². The van der Waals surface area contributed by atoms with Gasteiger partial charge in [0.2, 0.25) is 11.7 Å². The van der Waals surface area contributed by atoms with E-state index >= 15 is 0 Å². The summed E-state index contributed by atoms with van der Waals surface area (Å²) < 4.78 is 51.1. The molecule has 182 valence electrons. The van der Waals surface area contributed by atoms with E-state index in [1.165, 1.54) is 12.1 Å². The Morgan fingerprint density at radius 3 is 2.54 bits per heavy atom. The van der Waals surface area contributed by atoms with Crippen LogP contribution in [-0.2, 0) is 28.7 Å². The highest BCUT2D eigenvalue weighted by Crippen LogP contribution is 2.38. The molecule has 2 N–H and O–H groups in total. The van der Waals surface area contributed by atoms with E-state index in [-0.39, 0.29) is 12.3 Å². The van der Waals surface area contributed by atoms with Gasteiger partial charge in [0, 0.05) is 37.2 Å². The number of hydrogen-bond acceptors (Lipinski definition) is 4. The number of carbonyl (C=O) groups is 1. The first kappa shape index (κ1) is 23.4. The zero-order valence-corrected chi connectivity index (χ0v) is 19.0. The lowest BCUT2D eigenvalue weighted by Gasteiger charge is -2.41. The number of anilines is 1. The third kappa shape index (κ3) is 5.33. The number of fused-ring (bicyclic) bond motifs is 1. The lowest BCUT2D eigenvalue weighted by atomic mass is 9.99. The lowest BCUT2D eigenvalue weighted by molar-refractivity contribution is -0.218. The molecule has 0 unspecified atom stereocenters. The maximum absolute atomic E-state index is 12.9. The van der Waals surface area contributed by atoms with Crippen LogP contribution in [0.15, 0.2) is 66.7 Å². The number of carbonyl (C=O) groups excluding carboxylic acids is 1. The molecule has 3 aromatic carbocycles. The summed E-state index contributed by atoms with van der Waals surface area (Å²) in [7, 11) is 0. The van der Waals surface area contributed by atoms with Crippen molar-refractivity contribution in [3.05, 3.63) is 83.4 Å². The second kappa shape index (κ2) is 9.36. The first-order valence-electron chi connectivity index (χ1n) is 11.5. The normalized spacial score (nSPS) is 16.9. The molecule has 0 saturated carbocycles. The summed E-state index contributed by atoms with van der Waals surface area (Å²) in [4.78, 5) is 12.5. The van der Waals surface area contributed by atoms with Crippen molar-refractivity contribution in [2.45, 2.75) is 37.8 Å². The van der Waals surface area contributed by atoms with Crippen molar-refractivity contribution in [3.63, 3.8) is 0 Å². The molecule has 2 aliphatic rings. The molecule has 1 spiro atoms. The molecule has 0 radical (unpaired) electrons. The fourth-order valence-corrected chi connectivity index (χ4v) is 4.49. The molecule has 2 heterocycles. The maximum atomic E-state index is 12.9. The SMILES string of the molecule is O=C(Cc1cccc(C(F)(F)F)c1)Nc1cccc(-c2ccc3c(c2)COC2(CCNCC2)O3)c1. The van der Waals surface area contributed by atoms with Crippen LogP contribution < -0.4 is 15.4 Å². The van der Waals surface area contributed by atoms with Crippen LogP contribution in [0.2, 0.25) is 0 Å². The minimum Gasteiger partial charge on any atom is -0.462 e. The molecule has 1 saturated heterocycles. The molecule has 0 bridgehead atoms. The van der Waals surface area contributed by atoms with Crippen LogP contribution in [-0.4, -0.2) is 24.8 Å². The number of benzene rings is 3. The zero-order valence-electron chi connectivity index (χ0n) is 19.0. The highest BCUT2D eigenvalue weighted by molar-refractivity contribution is 5.93. The minimum absolute atomic E-state index is 0.154. The van der Waals surface area contributed by atoms with Gasteiger partial charge in [-0.2, -0.15) is 13.2 Å². The summed E-state index contributed by atoms with van der Waals surface area (Å²) in [6.07, 6.45) is -2.99. The standard InChI is InChI=1S/C27H25F3N2O3/c28-27(29,30)22-5-1-3-18(13-22)14-25(33)32-23-6-2-4-19(16-23)20-7-8-24-21(15-20)17-34-26(35-24)9-11-31-12-10-26/h1-8,13,15-16,31H,9-12,14,17H2,(H,32,33). The molecule has 35 heavy (non-hydrogen) atoms. The van der Waals surface area contributed by atoms with E-state index in [2.05, 4.69) is 10.6 Å². The highest BCUT2D eigenvalue weighted by Gasteiger charge is 2.38. The molecular weight excluding hydrogens is 457 g/mol. The molecule has 8 heteroatoms.